The number of hydrogen-bond donors (Lipinski definition) is 1. The van der Waals surface area contributed by atoms with Crippen molar-refractivity contribution in [1.29, 1.82) is 0 Å². The van der Waals surface area contributed by atoms with E-state index in [1.165, 1.54) is 0 Å². The van der Waals surface area contributed by atoms with Gasteiger partial charge in [-0.1, -0.05) is 6.07 Å². The van der Waals surface area contributed by atoms with Gasteiger partial charge >= 0.3 is 0 Å². The third kappa shape index (κ3) is 3.99. The lowest BCUT2D eigenvalue weighted by atomic mass is 10.1. The van der Waals surface area contributed by atoms with E-state index < -0.39 is 0 Å². The van der Waals surface area contributed by atoms with Gasteiger partial charge in [0, 0.05) is 12.4 Å². The minimum atomic E-state index is 0.554. The Hall–Kier alpha value is -2.01. The first-order valence-corrected chi connectivity index (χ1v) is 6.89. The van der Waals surface area contributed by atoms with E-state index in [9.17, 15) is 0 Å². The summed E-state index contributed by atoms with van der Waals surface area (Å²) in [7, 11) is 0. The first-order valence-electron chi connectivity index (χ1n) is 6.89. The largest absolute Gasteiger partial charge is 0.490 e. The second kappa shape index (κ2) is 7.55. The van der Waals surface area contributed by atoms with Gasteiger partial charge in [-0.25, -0.2) is 0 Å². The van der Waals surface area contributed by atoms with Gasteiger partial charge < -0.3 is 15.2 Å². The van der Waals surface area contributed by atoms with Crippen LogP contribution in [0.15, 0.2) is 36.7 Å². The van der Waals surface area contributed by atoms with Gasteiger partial charge in [0.05, 0.1) is 13.2 Å². The molecule has 1 aromatic heterocycles. The summed E-state index contributed by atoms with van der Waals surface area (Å²) in [6.07, 6.45) is 4.51. The van der Waals surface area contributed by atoms with Crippen LogP contribution in [0.4, 0.5) is 0 Å². The molecule has 0 atom stereocenters. The predicted molar refractivity (Wildman–Crippen MR) is 78.1 cm³/mol. The summed E-state index contributed by atoms with van der Waals surface area (Å²) in [5, 5.41) is 4.14. The second-order valence-corrected chi connectivity index (χ2v) is 4.37. The van der Waals surface area contributed by atoms with Crippen LogP contribution < -0.4 is 15.2 Å². The third-order valence-electron chi connectivity index (χ3n) is 2.88. The van der Waals surface area contributed by atoms with Crippen molar-refractivity contribution in [3.63, 3.8) is 0 Å². The van der Waals surface area contributed by atoms with Crippen LogP contribution in [-0.4, -0.2) is 29.5 Å². The van der Waals surface area contributed by atoms with E-state index in [1.54, 1.807) is 6.20 Å². The summed E-state index contributed by atoms with van der Waals surface area (Å²) in [4.78, 5) is 0. The maximum Gasteiger partial charge on any atom is 0.161 e. The van der Waals surface area contributed by atoms with Gasteiger partial charge in [-0.3, -0.25) is 4.68 Å². The molecule has 5 heteroatoms. The molecule has 2 N–H and O–H groups in total. The first kappa shape index (κ1) is 14.4. The molecule has 2 aromatic rings. The van der Waals surface area contributed by atoms with Gasteiger partial charge in [0.2, 0.25) is 0 Å². The topological polar surface area (TPSA) is 62.3 Å². The van der Waals surface area contributed by atoms with Gasteiger partial charge in [-0.2, -0.15) is 5.10 Å². The molecular formula is C15H21N3O2. The fraction of sp³-hybridized carbons (Fsp3) is 0.400. The van der Waals surface area contributed by atoms with Crippen LogP contribution >= 0.6 is 0 Å². The summed E-state index contributed by atoms with van der Waals surface area (Å²) in [5.74, 6) is 1.54. The molecule has 108 valence electrons. The average molecular weight is 275 g/mol. The summed E-state index contributed by atoms with van der Waals surface area (Å²) >= 11 is 0. The Morgan fingerprint density at radius 1 is 1.25 bits per heavy atom. The number of nitrogens with zero attached hydrogens (tertiary/aromatic N) is 2. The van der Waals surface area contributed by atoms with E-state index >= 15 is 0 Å². The molecule has 2 rings (SSSR count). The molecule has 0 radical (unpaired) electrons. The molecule has 0 amide bonds. The molecule has 0 fully saturated rings. The van der Waals surface area contributed by atoms with Crippen LogP contribution in [0.3, 0.4) is 0 Å². The standard InChI is InChI=1S/C15H21N3O2/c1-2-19-15-12-13(6-7-16)4-5-14(15)20-11-10-18-9-3-8-17-18/h3-5,8-9,12H,2,6-7,10-11,16H2,1H3. The summed E-state index contributed by atoms with van der Waals surface area (Å²) in [6.45, 7) is 4.47. The Balaban J connectivity index is 1.98. The van der Waals surface area contributed by atoms with Crippen molar-refractivity contribution in [3.8, 4) is 11.5 Å². The molecule has 0 spiro atoms. The van der Waals surface area contributed by atoms with E-state index in [0.717, 1.165) is 23.5 Å². The molecule has 1 aromatic carbocycles. The number of benzene rings is 1. The molecule has 0 aliphatic heterocycles. The number of ether oxygens (including phenoxy) is 2. The smallest absolute Gasteiger partial charge is 0.161 e. The average Bonchev–Trinajstić information content (AvgIpc) is 2.95. The van der Waals surface area contributed by atoms with Crippen molar-refractivity contribution in [2.75, 3.05) is 19.8 Å². The lowest BCUT2D eigenvalue weighted by molar-refractivity contribution is 0.262. The monoisotopic (exact) mass is 275 g/mol. The van der Waals surface area contributed by atoms with Crippen LogP contribution in [0.25, 0.3) is 0 Å². The molecule has 0 aliphatic carbocycles. The molecule has 0 aliphatic rings. The third-order valence-corrected chi connectivity index (χ3v) is 2.88. The summed E-state index contributed by atoms with van der Waals surface area (Å²) < 4.78 is 13.2. The fourth-order valence-corrected chi connectivity index (χ4v) is 1.94. The highest BCUT2D eigenvalue weighted by atomic mass is 16.5. The highest BCUT2D eigenvalue weighted by molar-refractivity contribution is 5.43. The van der Waals surface area contributed by atoms with Gasteiger partial charge in [0.1, 0.15) is 6.61 Å². The lowest BCUT2D eigenvalue weighted by Crippen LogP contribution is -2.09. The zero-order valence-corrected chi connectivity index (χ0v) is 11.8. The van der Waals surface area contributed by atoms with Crippen molar-refractivity contribution >= 4 is 0 Å². The predicted octanol–water partition coefficient (Wildman–Crippen LogP) is 1.86. The quantitative estimate of drug-likeness (QED) is 0.799. The van der Waals surface area contributed by atoms with Crippen LogP contribution in [-0.2, 0) is 13.0 Å². The minimum Gasteiger partial charge on any atom is -0.490 e. The second-order valence-electron chi connectivity index (χ2n) is 4.37. The number of hydrogen-bond acceptors (Lipinski definition) is 4. The number of nitrogens with two attached hydrogens (primary N) is 1. The fourth-order valence-electron chi connectivity index (χ4n) is 1.94. The first-order chi connectivity index (χ1) is 9.83. The zero-order valence-electron chi connectivity index (χ0n) is 11.8. The lowest BCUT2D eigenvalue weighted by Gasteiger charge is -2.13. The normalized spacial score (nSPS) is 10.5. The van der Waals surface area contributed by atoms with Crippen LogP contribution in [0.5, 0.6) is 11.5 Å². The number of rotatable bonds is 8. The van der Waals surface area contributed by atoms with Crippen molar-refractivity contribution in [2.45, 2.75) is 19.9 Å². The zero-order chi connectivity index (χ0) is 14.2. The highest BCUT2D eigenvalue weighted by Crippen LogP contribution is 2.28. The van der Waals surface area contributed by atoms with Gasteiger partial charge in [0.25, 0.3) is 0 Å². The summed E-state index contributed by atoms with van der Waals surface area (Å²) in [5.41, 5.74) is 6.74. The Labute approximate surface area is 119 Å². The van der Waals surface area contributed by atoms with Crippen molar-refractivity contribution in [3.05, 3.63) is 42.2 Å². The van der Waals surface area contributed by atoms with Gasteiger partial charge in [-0.05, 0) is 43.7 Å². The van der Waals surface area contributed by atoms with E-state index in [1.807, 2.05) is 42.1 Å². The Kier molecular flexibility index (Phi) is 5.43. The van der Waals surface area contributed by atoms with Crippen LogP contribution in [0.1, 0.15) is 12.5 Å². The SMILES string of the molecule is CCOc1cc(CCN)ccc1OCCn1cccn1. The molecule has 20 heavy (non-hydrogen) atoms. The van der Waals surface area contributed by atoms with Crippen molar-refractivity contribution in [1.82, 2.24) is 9.78 Å². The van der Waals surface area contributed by atoms with E-state index in [-0.39, 0.29) is 0 Å². The van der Waals surface area contributed by atoms with Gasteiger partial charge in [0.15, 0.2) is 11.5 Å². The number of aromatic nitrogens is 2. The Morgan fingerprint density at radius 3 is 2.85 bits per heavy atom. The molecule has 0 bridgehead atoms. The molecule has 5 nitrogen and oxygen atoms in total. The Morgan fingerprint density at radius 2 is 2.15 bits per heavy atom. The molecular weight excluding hydrogens is 254 g/mol. The van der Waals surface area contributed by atoms with Crippen LogP contribution in [0.2, 0.25) is 0 Å². The van der Waals surface area contributed by atoms with Gasteiger partial charge in [-0.15, -0.1) is 0 Å². The van der Waals surface area contributed by atoms with Crippen molar-refractivity contribution < 1.29 is 9.47 Å². The maximum atomic E-state index is 5.78. The molecule has 1 heterocycles. The molecule has 0 saturated heterocycles. The maximum absolute atomic E-state index is 5.78. The van der Waals surface area contributed by atoms with E-state index in [0.29, 0.717) is 26.3 Å². The molecule has 0 unspecified atom stereocenters. The van der Waals surface area contributed by atoms with Crippen LogP contribution in [0, 0.1) is 0 Å². The van der Waals surface area contributed by atoms with E-state index in [2.05, 4.69) is 5.10 Å². The Bertz CT molecular complexity index is 512. The summed E-state index contributed by atoms with van der Waals surface area (Å²) in [6, 6.07) is 7.87. The van der Waals surface area contributed by atoms with E-state index in [4.69, 9.17) is 15.2 Å². The highest BCUT2D eigenvalue weighted by Gasteiger charge is 2.06. The molecule has 0 saturated carbocycles. The van der Waals surface area contributed by atoms with Crippen molar-refractivity contribution in [2.24, 2.45) is 5.73 Å². The minimum absolute atomic E-state index is 0.554.